The van der Waals surface area contributed by atoms with E-state index in [9.17, 15) is 8.78 Å². The van der Waals surface area contributed by atoms with Gasteiger partial charge in [0.2, 0.25) is 0 Å². The van der Waals surface area contributed by atoms with E-state index in [1.807, 2.05) is 0 Å². The summed E-state index contributed by atoms with van der Waals surface area (Å²) < 4.78 is 27.7. The zero-order chi connectivity index (χ0) is 13.3. The highest BCUT2D eigenvalue weighted by Crippen LogP contribution is 2.34. The second-order valence-corrected chi connectivity index (χ2v) is 5.82. The van der Waals surface area contributed by atoms with Gasteiger partial charge in [-0.15, -0.1) is 11.6 Å². The molecule has 2 rings (SSSR count). The lowest BCUT2D eigenvalue weighted by Gasteiger charge is -2.12. The Kier molecular flexibility index (Phi) is 4.41. The molecule has 1 unspecified atom stereocenters. The van der Waals surface area contributed by atoms with Gasteiger partial charge in [-0.2, -0.15) is 0 Å². The van der Waals surface area contributed by atoms with E-state index < -0.39 is 11.2 Å². The molecule has 2 aromatic rings. The fraction of sp³-hybridized carbons (Fsp3) is 0.0769. The van der Waals surface area contributed by atoms with Crippen LogP contribution in [-0.4, -0.2) is 0 Å². The minimum Gasteiger partial charge on any atom is -0.206 e. The molecule has 0 nitrogen and oxygen atoms in total. The Morgan fingerprint density at radius 2 is 1.72 bits per heavy atom. The zero-order valence-electron chi connectivity index (χ0n) is 8.93. The van der Waals surface area contributed by atoms with E-state index in [1.165, 1.54) is 12.1 Å². The van der Waals surface area contributed by atoms with Crippen molar-refractivity contribution in [2.45, 2.75) is 5.38 Å². The summed E-state index contributed by atoms with van der Waals surface area (Å²) in [6, 6.07) is 9.30. The largest absolute Gasteiger partial charge is 0.206 e. The molecule has 0 saturated carbocycles. The minimum atomic E-state index is -0.667. The number of halogens is 5. The molecule has 5 heteroatoms. The molecule has 0 heterocycles. The summed E-state index contributed by atoms with van der Waals surface area (Å²) in [6.45, 7) is 0. The van der Waals surface area contributed by atoms with Crippen molar-refractivity contribution in [1.29, 1.82) is 0 Å². The number of alkyl halides is 1. The molecule has 0 aliphatic rings. The van der Waals surface area contributed by atoms with Gasteiger partial charge in [0, 0.05) is 5.56 Å². The van der Waals surface area contributed by atoms with E-state index in [2.05, 4.69) is 31.9 Å². The van der Waals surface area contributed by atoms with Gasteiger partial charge in [-0.3, -0.25) is 0 Å². The maximum absolute atomic E-state index is 13.9. The fourth-order valence-corrected chi connectivity index (χ4v) is 2.65. The molecule has 1 atom stereocenters. The molecule has 0 amide bonds. The van der Waals surface area contributed by atoms with E-state index in [4.69, 9.17) is 11.6 Å². The second kappa shape index (κ2) is 5.68. The lowest BCUT2D eigenvalue weighted by atomic mass is 10.0. The Hall–Kier alpha value is -0.450. The molecule has 94 valence electrons. The predicted octanol–water partition coefficient (Wildman–Crippen LogP) is 5.82. The summed E-state index contributed by atoms with van der Waals surface area (Å²) in [5, 5.41) is -0.667. The Morgan fingerprint density at radius 1 is 1.00 bits per heavy atom. The van der Waals surface area contributed by atoms with Crippen LogP contribution < -0.4 is 0 Å². The number of benzene rings is 2. The van der Waals surface area contributed by atoms with Crippen LogP contribution in [0.1, 0.15) is 16.5 Å². The summed E-state index contributed by atoms with van der Waals surface area (Å²) in [5.41, 5.74) is 0.978. The topological polar surface area (TPSA) is 0 Å². The third-order valence-corrected chi connectivity index (χ3v) is 4.20. The highest BCUT2D eigenvalue weighted by atomic mass is 79.9. The van der Waals surface area contributed by atoms with Crippen molar-refractivity contribution < 1.29 is 8.78 Å². The summed E-state index contributed by atoms with van der Waals surface area (Å²) in [6.07, 6.45) is 0. The van der Waals surface area contributed by atoms with Gasteiger partial charge >= 0.3 is 0 Å². The third kappa shape index (κ3) is 2.76. The van der Waals surface area contributed by atoms with Crippen LogP contribution >= 0.6 is 43.5 Å². The minimum absolute atomic E-state index is 0.307. The van der Waals surface area contributed by atoms with Gasteiger partial charge in [0.15, 0.2) is 0 Å². The van der Waals surface area contributed by atoms with E-state index >= 15 is 0 Å². The molecule has 0 N–H and O–H groups in total. The van der Waals surface area contributed by atoms with Crippen molar-refractivity contribution in [2.24, 2.45) is 0 Å². The number of hydrogen-bond acceptors (Lipinski definition) is 0. The first kappa shape index (κ1) is 14.0. The standard InChI is InChI=1S/C13H7Br2ClF2/c14-9-3-1-2-8(13(9)18)12(16)7-4-5-11(17)10(15)6-7/h1-6,12H. The maximum atomic E-state index is 13.9. The lowest BCUT2D eigenvalue weighted by molar-refractivity contribution is 0.605. The Morgan fingerprint density at radius 3 is 2.39 bits per heavy atom. The quantitative estimate of drug-likeness (QED) is 0.561. The van der Waals surface area contributed by atoms with E-state index in [1.54, 1.807) is 24.3 Å². The third-order valence-electron chi connectivity index (χ3n) is 2.49. The molecular formula is C13H7Br2ClF2. The van der Waals surface area contributed by atoms with Crippen LogP contribution in [0.3, 0.4) is 0 Å². The normalized spacial score (nSPS) is 12.5. The Balaban J connectivity index is 2.44. The van der Waals surface area contributed by atoms with Crippen molar-refractivity contribution in [3.05, 3.63) is 68.1 Å². The van der Waals surface area contributed by atoms with Gasteiger partial charge in [0.05, 0.1) is 14.3 Å². The molecule has 0 spiro atoms. The van der Waals surface area contributed by atoms with Crippen LogP contribution in [0.15, 0.2) is 45.3 Å². The second-order valence-electron chi connectivity index (χ2n) is 3.68. The highest BCUT2D eigenvalue weighted by molar-refractivity contribution is 9.10. The van der Waals surface area contributed by atoms with Crippen LogP contribution in [0.5, 0.6) is 0 Å². The first-order chi connectivity index (χ1) is 8.50. The molecule has 0 radical (unpaired) electrons. The molecule has 0 fully saturated rings. The van der Waals surface area contributed by atoms with Crippen molar-refractivity contribution in [3.63, 3.8) is 0 Å². The summed E-state index contributed by atoms with van der Waals surface area (Å²) >= 11 is 12.4. The summed E-state index contributed by atoms with van der Waals surface area (Å²) in [4.78, 5) is 0. The van der Waals surface area contributed by atoms with Crippen LogP contribution in [0.4, 0.5) is 8.78 Å². The molecule has 2 aromatic carbocycles. The van der Waals surface area contributed by atoms with Crippen LogP contribution in [0.2, 0.25) is 0 Å². The monoisotopic (exact) mass is 394 g/mol. The molecule has 0 bridgehead atoms. The average molecular weight is 396 g/mol. The van der Waals surface area contributed by atoms with Crippen molar-refractivity contribution in [1.82, 2.24) is 0 Å². The van der Waals surface area contributed by atoms with Gasteiger partial charge in [0.25, 0.3) is 0 Å². The first-order valence-electron chi connectivity index (χ1n) is 5.03. The fourth-order valence-electron chi connectivity index (χ4n) is 1.57. The highest BCUT2D eigenvalue weighted by Gasteiger charge is 2.17. The lowest BCUT2D eigenvalue weighted by Crippen LogP contribution is -1.98. The van der Waals surface area contributed by atoms with E-state index in [-0.39, 0.29) is 5.82 Å². The number of hydrogen-bond donors (Lipinski definition) is 0. The molecule has 18 heavy (non-hydrogen) atoms. The summed E-state index contributed by atoms with van der Waals surface area (Å²) in [7, 11) is 0. The van der Waals surface area contributed by atoms with Gasteiger partial charge in [-0.25, -0.2) is 8.78 Å². The predicted molar refractivity (Wildman–Crippen MR) is 75.9 cm³/mol. The van der Waals surface area contributed by atoms with Crippen molar-refractivity contribution in [2.75, 3.05) is 0 Å². The first-order valence-corrected chi connectivity index (χ1v) is 7.06. The van der Waals surface area contributed by atoms with E-state index in [0.29, 0.717) is 20.1 Å². The van der Waals surface area contributed by atoms with Crippen LogP contribution in [0.25, 0.3) is 0 Å². The molecule has 0 aromatic heterocycles. The van der Waals surface area contributed by atoms with Gasteiger partial charge < -0.3 is 0 Å². The molecule has 0 aliphatic heterocycles. The molecule has 0 saturated heterocycles. The van der Waals surface area contributed by atoms with Gasteiger partial charge in [-0.1, -0.05) is 18.2 Å². The zero-order valence-corrected chi connectivity index (χ0v) is 12.9. The smallest absolute Gasteiger partial charge is 0.142 e. The van der Waals surface area contributed by atoms with Gasteiger partial charge in [-0.05, 0) is 55.6 Å². The van der Waals surface area contributed by atoms with E-state index in [0.717, 1.165) is 0 Å². The SMILES string of the molecule is Fc1ccc(C(Cl)c2cccc(Br)c2F)cc1Br. The number of rotatable bonds is 2. The Labute approximate surface area is 125 Å². The summed E-state index contributed by atoms with van der Waals surface area (Å²) in [5.74, 6) is -0.782. The molecule has 0 aliphatic carbocycles. The van der Waals surface area contributed by atoms with Crippen LogP contribution in [-0.2, 0) is 0 Å². The Bertz CT molecular complexity index is 587. The average Bonchev–Trinajstić information content (AvgIpc) is 2.35. The maximum Gasteiger partial charge on any atom is 0.142 e. The van der Waals surface area contributed by atoms with Crippen molar-refractivity contribution in [3.8, 4) is 0 Å². The van der Waals surface area contributed by atoms with Crippen LogP contribution in [0, 0.1) is 11.6 Å². The van der Waals surface area contributed by atoms with Gasteiger partial charge in [0.1, 0.15) is 11.6 Å². The van der Waals surface area contributed by atoms with Crippen molar-refractivity contribution >= 4 is 43.5 Å². The molecular weight excluding hydrogens is 389 g/mol.